The van der Waals surface area contributed by atoms with E-state index in [0.29, 0.717) is 6.54 Å². The average molecular weight is 377 g/mol. The minimum atomic E-state index is 0.0656. The molecule has 3 aromatic rings. The lowest BCUT2D eigenvalue weighted by molar-refractivity contribution is 0.192. The Morgan fingerprint density at radius 3 is 2.36 bits per heavy atom. The molecule has 0 spiro atoms. The molecule has 0 saturated carbocycles. The first-order chi connectivity index (χ1) is 13.8. The Balaban J connectivity index is 1.32. The van der Waals surface area contributed by atoms with Crippen molar-refractivity contribution in [3.63, 3.8) is 0 Å². The molecule has 1 aromatic heterocycles. The lowest BCUT2D eigenvalue weighted by Gasteiger charge is -2.25. The highest BCUT2D eigenvalue weighted by Gasteiger charge is 2.14. The Morgan fingerprint density at radius 2 is 1.57 bits per heavy atom. The van der Waals surface area contributed by atoms with Crippen LogP contribution in [0.3, 0.4) is 0 Å². The minimum absolute atomic E-state index is 0.0656. The van der Waals surface area contributed by atoms with Crippen LogP contribution < -0.4 is 5.32 Å². The molecular formula is C23H28N4O. The molecule has 1 aliphatic rings. The average Bonchev–Trinajstić information content (AvgIpc) is 3.10. The van der Waals surface area contributed by atoms with Crippen LogP contribution in [0.1, 0.15) is 43.2 Å². The summed E-state index contributed by atoms with van der Waals surface area (Å²) in [5.74, 6) is 0. The highest BCUT2D eigenvalue weighted by molar-refractivity contribution is 5.75. The summed E-state index contributed by atoms with van der Waals surface area (Å²) in [6.45, 7) is 3.12. The molecule has 1 N–H and O–H groups in total. The van der Waals surface area contributed by atoms with Gasteiger partial charge in [-0.1, -0.05) is 55.7 Å². The molecule has 1 fully saturated rings. The highest BCUT2D eigenvalue weighted by atomic mass is 16.2. The molecule has 0 atom stereocenters. The van der Waals surface area contributed by atoms with E-state index >= 15 is 0 Å². The van der Waals surface area contributed by atoms with Crippen LogP contribution in [0.2, 0.25) is 0 Å². The van der Waals surface area contributed by atoms with E-state index in [9.17, 15) is 4.79 Å². The van der Waals surface area contributed by atoms with Gasteiger partial charge in [0.1, 0.15) is 0 Å². The van der Waals surface area contributed by atoms with Crippen molar-refractivity contribution in [2.45, 2.75) is 45.2 Å². The lowest BCUT2D eigenvalue weighted by Crippen LogP contribution is -2.41. The van der Waals surface area contributed by atoms with Crippen LogP contribution in [0, 0.1) is 0 Å². The predicted molar refractivity (Wildman–Crippen MR) is 112 cm³/mol. The number of fused-ring (bicyclic) bond motifs is 1. The van der Waals surface area contributed by atoms with Gasteiger partial charge in [-0.25, -0.2) is 9.78 Å². The summed E-state index contributed by atoms with van der Waals surface area (Å²) in [4.78, 5) is 18.9. The van der Waals surface area contributed by atoms with Crippen molar-refractivity contribution in [1.82, 2.24) is 19.8 Å². The Kier molecular flexibility index (Phi) is 5.90. The van der Waals surface area contributed by atoms with Gasteiger partial charge in [0.15, 0.2) is 0 Å². The van der Waals surface area contributed by atoms with Crippen LogP contribution in [-0.2, 0) is 13.1 Å². The lowest BCUT2D eigenvalue weighted by atomic mass is 10.1. The van der Waals surface area contributed by atoms with Gasteiger partial charge in [0, 0.05) is 26.2 Å². The maximum absolute atomic E-state index is 12.4. The van der Waals surface area contributed by atoms with Crippen LogP contribution in [0.5, 0.6) is 0 Å². The largest absolute Gasteiger partial charge is 0.334 e. The molecule has 2 aromatic carbocycles. The van der Waals surface area contributed by atoms with E-state index in [1.807, 2.05) is 29.4 Å². The maximum atomic E-state index is 12.4. The van der Waals surface area contributed by atoms with E-state index in [0.717, 1.165) is 49.1 Å². The topological polar surface area (TPSA) is 50.2 Å². The summed E-state index contributed by atoms with van der Waals surface area (Å²) >= 11 is 0. The molecule has 2 heterocycles. The Hall–Kier alpha value is -2.82. The number of hydrogen-bond donors (Lipinski definition) is 1. The van der Waals surface area contributed by atoms with Crippen molar-refractivity contribution in [1.29, 1.82) is 0 Å². The Morgan fingerprint density at radius 1 is 0.893 bits per heavy atom. The second-order valence-electron chi connectivity index (χ2n) is 7.59. The van der Waals surface area contributed by atoms with Crippen molar-refractivity contribution >= 4 is 17.1 Å². The number of urea groups is 1. The summed E-state index contributed by atoms with van der Waals surface area (Å²) in [5.41, 5.74) is 4.51. The van der Waals surface area contributed by atoms with Crippen LogP contribution in [0.4, 0.5) is 4.79 Å². The van der Waals surface area contributed by atoms with Gasteiger partial charge in [0.05, 0.1) is 17.4 Å². The van der Waals surface area contributed by atoms with E-state index in [-0.39, 0.29) is 6.03 Å². The Labute approximate surface area is 166 Å². The number of rotatable bonds is 4. The van der Waals surface area contributed by atoms with Crippen molar-refractivity contribution < 1.29 is 4.79 Å². The number of nitrogens with one attached hydrogen (secondary N) is 1. The van der Waals surface area contributed by atoms with E-state index in [1.54, 1.807) is 0 Å². The van der Waals surface area contributed by atoms with Crippen molar-refractivity contribution in [2.24, 2.45) is 0 Å². The number of aromatic nitrogens is 2. The first kappa shape index (κ1) is 18.5. The van der Waals surface area contributed by atoms with E-state index < -0.39 is 0 Å². The summed E-state index contributed by atoms with van der Waals surface area (Å²) in [5, 5.41) is 3.08. The quantitative estimate of drug-likeness (QED) is 0.726. The number of para-hydroxylation sites is 2. The molecule has 4 rings (SSSR count). The van der Waals surface area contributed by atoms with E-state index in [4.69, 9.17) is 0 Å². The fourth-order valence-electron chi connectivity index (χ4n) is 3.84. The summed E-state index contributed by atoms with van der Waals surface area (Å²) in [6, 6.07) is 16.7. The number of hydrogen-bond acceptors (Lipinski definition) is 2. The first-order valence-electron chi connectivity index (χ1n) is 10.3. The third-order valence-electron chi connectivity index (χ3n) is 5.49. The zero-order chi connectivity index (χ0) is 19.2. The number of carbonyl (C=O) groups excluding carboxylic acids is 1. The summed E-state index contributed by atoms with van der Waals surface area (Å²) in [7, 11) is 0. The molecule has 28 heavy (non-hydrogen) atoms. The fourth-order valence-corrected chi connectivity index (χ4v) is 3.84. The normalized spacial score (nSPS) is 15.2. The van der Waals surface area contributed by atoms with Crippen LogP contribution in [-0.4, -0.2) is 33.6 Å². The predicted octanol–water partition coefficient (Wildman–Crippen LogP) is 4.56. The third kappa shape index (κ3) is 4.53. The van der Waals surface area contributed by atoms with Crippen molar-refractivity contribution in [2.75, 3.05) is 13.1 Å². The number of nitrogens with zero attached hydrogens (tertiary/aromatic N) is 3. The standard InChI is InChI=1S/C23H28N4O/c28-23(26-14-6-2-1-3-7-15-26)24-16-19-10-12-20(13-11-19)17-27-18-25-21-8-4-5-9-22(21)27/h4-5,8-13,18H,1-3,6-7,14-17H2,(H,24,28). The van der Waals surface area contributed by atoms with Gasteiger partial charge in [-0.15, -0.1) is 0 Å². The molecule has 1 aliphatic heterocycles. The summed E-state index contributed by atoms with van der Waals surface area (Å²) in [6.07, 6.45) is 7.89. The van der Waals surface area contributed by atoms with Gasteiger partial charge >= 0.3 is 6.03 Å². The third-order valence-corrected chi connectivity index (χ3v) is 5.49. The van der Waals surface area contributed by atoms with Crippen LogP contribution >= 0.6 is 0 Å². The molecule has 0 unspecified atom stereocenters. The Bertz CT molecular complexity index is 908. The molecule has 0 bridgehead atoms. The van der Waals surface area contributed by atoms with Gasteiger partial charge in [-0.3, -0.25) is 0 Å². The first-order valence-corrected chi connectivity index (χ1v) is 10.3. The number of amides is 2. The molecule has 1 saturated heterocycles. The SMILES string of the molecule is O=C(NCc1ccc(Cn2cnc3ccccc32)cc1)N1CCCCCCC1. The monoisotopic (exact) mass is 376 g/mol. The van der Waals surface area contributed by atoms with Gasteiger partial charge in [0.25, 0.3) is 0 Å². The molecular weight excluding hydrogens is 348 g/mol. The van der Waals surface area contributed by atoms with Gasteiger partial charge < -0.3 is 14.8 Å². The van der Waals surface area contributed by atoms with Gasteiger partial charge in [-0.05, 0) is 36.1 Å². The van der Waals surface area contributed by atoms with Crippen LogP contribution in [0.25, 0.3) is 11.0 Å². The molecule has 2 amide bonds. The molecule has 0 aliphatic carbocycles. The van der Waals surface area contributed by atoms with E-state index in [1.165, 1.54) is 24.8 Å². The maximum Gasteiger partial charge on any atom is 0.317 e. The second kappa shape index (κ2) is 8.91. The molecule has 5 nitrogen and oxygen atoms in total. The highest BCUT2D eigenvalue weighted by Crippen LogP contribution is 2.15. The smallest absolute Gasteiger partial charge is 0.317 e. The minimum Gasteiger partial charge on any atom is -0.334 e. The summed E-state index contributed by atoms with van der Waals surface area (Å²) < 4.78 is 2.16. The molecule has 146 valence electrons. The molecule has 5 heteroatoms. The van der Waals surface area contributed by atoms with Gasteiger partial charge in [0.2, 0.25) is 0 Å². The number of benzene rings is 2. The number of imidazole rings is 1. The van der Waals surface area contributed by atoms with Crippen LogP contribution in [0.15, 0.2) is 54.9 Å². The zero-order valence-electron chi connectivity index (χ0n) is 16.3. The van der Waals surface area contributed by atoms with Crippen molar-refractivity contribution in [3.05, 3.63) is 66.0 Å². The second-order valence-corrected chi connectivity index (χ2v) is 7.59. The molecule has 0 radical (unpaired) electrons. The fraction of sp³-hybridized carbons (Fsp3) is 0.391. The van der Waals surface area contributed by atoms with E-state index in [2.05, 4.69) is 45.2 Å². The number of carbonyl (C=O) groups is 1. The van der Waals surface area contributed by atoms with Crippen molar-refractivity contribution in [3.8, 4) is 0 Å². The number of likely N-dealkylation sites (tertiary alicyclic amines) is 1. The van der Waals surface area contributed by atoms with Gasteiger partial charge in [-0.2, -0.15) is 0 Å². The zero-order valence-corrected chi connectivity index (χ0v) is 16.3.